The summed E-state index contributed by atoms with van der Waals surface area (Å²) in [5, 5.41) is 9.25. The lowest BCUT2D eigenvalue weighted by Crippen LogP contribution is -2.31. The highest BCUT2D eigenvalue weighted by Gasteiger charge is 2.34. The molecule has 2 amide bonds. The first kappa shape index (κ1) is 16.6. The molecule has 0 bridgehead atoms. The highest BCUT2D eigenvalue weighted by molar-refractivity contribution is 7.14. The predicted molar refractivity (Wildman–Crippen MR) is 92.1 cm³/mol. The van der Waals surface area contributed by atoms with Crippen molar-refractivity contribution in [2.24, 2.45) is 7.05 Å². The van der Waals surface area contributed by atoms with Gasteiger partial charge in [-0.1, -0.05) is 0 Å². The molecule has 1 fully saturated rings. The van der Waals surface area contributed by atoms with Gasteiger partial charge in [-0.2, -0.15) is 5.10 Å². The minimum absolute atomic E-state index is 0.0390. The quantitative estimate of drug-likeness (QED) is 0.925. The Kier molecular flexibility index (Phi) is 4.40. The molecule has 0 aliphatic carbocycles. The molecule has 128 valence electrons. The van der Waals surface area contributed by atoms with Crippen molar-refractivity contribution >= 4 is 28.3 Å². The first-order valence-electron chi connectivity index (χ1n) is 7.92. The van der Waals surface area contributed by atoms with Gasteiger partial charge in [0.25, 0.3) is 5.91 Å². The number of nitrogens with zero attached hydrogens (tertiary/aromatic N) is 4. The summed E-state index contributed by atoms with van der Waals surface area (Å²) < 4.78 is 1.86. The fourth-order valence-electron chi connectivity index (χ4n) is 3.31. The highest BCUT2D eigenvalue weighted by Crippen LogP contribution is 2.36. The molecule has 7 nitrogen and oxygen atoms in total. The Hall–Kier alpha value is -2.22. The Bertz CT molecular complexity index is 794. The van der Waals surface area contributed by atoms with Crippen molar-refractivity contribution in [1.82, 2.24) is 19.7 Å². The summed E-state index contributed by atoms with van der Waals surface area (Å²) in [4.78, 5) is 30.1. The molecule has 0 radical (unpaired) electrons. The second kappa shape index (κ2) is 6.35. The van der Waals surface area contributed by atoms with Gasteiger partial charge in [-0.15, -0.1) is 11.3 Å². The number of anilines is 1. The number of carbonyl (C=O) groups is 2. The fourth-order valence-corrected chi connectivity index (χ4v) is 4.04. The number of aryl methyl sites for hydroxylation is 2. The van der Waals surface area contributed by atoms with E-state index < -0.39 is 0 Å². The molecule has 3 rings (SSSR count). The summed E-state index contributed by atoms with van der Waals surface area (Å²) in [6, 6.07) is 0.0390. The molecule has 1 aliphatic heterocycles. The first-order valence-corrected chi connectivity index (χ1v) is 8.80. The number of aromatic nitrogens is 3. The van der Waals surface area contributed by atoms with Crippen LogP contribution >= 0.6 is 11.3 Å². The maximum absolute atomic E-state index is 12.9. The van der Waals surface area contributed by atoms with Crippen LogP contribution in [0.1, 0.15) is 53.2 Å². The lowest BCUT2D eigenvalue weighted by atomic mass is 10.0. The number of rotatable bonds is 3. The van der Waals surface area contributed by atoms with E-state index in [4.69, 9.17) is 0 Å². The summed E-state index contributed by atoms with van der Waals surface area (Å²) in [5.41, 5.74) is 3.59. The molecular weight excluding hydrogens is 326 g/mol. The van der Waals surface area contributed by atoms with E-state index in [1.54, 1.807) is 5.38 Å². The third kappa shape index (κ3) is 2.93. The number of amides is 2. The van der Waals surface area contributed by atoms with Gasteiger partial charge in [0.15, 0.2) is 5.13 Å². The van der Waals surface area contributed by atoms with E-state index in [-0.39, 0.29) is 17.9 Å². The summed E-state index contributed by atoms with van der Waals surface area (Å²) in [6.45, 7) is 6.16. The van der Waals surface area contributed by atoms with Gasteiger partial charge in [0.1, 0.15) is 5.69 Å². The van der Waals surface area contributed by atoms with Gasteiger partial charge in [-0.05, 0) is 26.7 Å². The van der Waals surface area contributed by atoms with E-state index >= 15 is 0 Å². The third-order valence-corrected chi connectivity index (χ3v) is 5.18. The van der Waals surface area contributed by atoms with Crippen LogP contribution < -0.4 is 5.32 Å². The zero-order valence-electron chi connectivity index (χ0n) is 14.3. The zero-order valence-corrected chi connectivity index (χ0v) is 15.1. The Morgan fingerprint density at radius 3 is 2.75 bits per heavy atom. The molecule has 0 unspecified atom stereocenters. The Morgan fingerprint density at radius 2 is 2.12 bits per heavy atom. The molecule has 0 spiro atoms. The summed E-state index contributed by atoms with van der Waals surface area (Å²) in [5.74, 6) is -0.281. The topological polar surface area (TPSA) is 80.1 Å². The maximum Gasteiger partial charge on any atom is 0.273 e. The van der Waals surface area contributed by atoms with Gasteiger partial charge in [0.2, 0.25) is 5.91 Å². The second-order valence-electron chi connectivity index (χ2n) is 6.08. The molecule has 24 heavy (non-hydrogen) atoms. The molecule has 0 aromatic carbocycles. The van der Waals surface area contributed by atoms with Gasteiger partial charge in [-0.25, -0.2) is 4.98 Å². The molecule has 8 heteroatoms. The van der Waals surface area contributed by atoms with Crippen molar-refractivity contribution in [3.05, 3.63) is 28.0 Å². The Labute approximate surface area is 144 Å². The van der Waals surface area contributed by atoms with Gasteiger partial charge in [0, 0.05) is 37.2 Å². The average molecular weight is 347 g/mol. The standard InChI is InChI=1S/C16H21N5O2S/c1-9-14(10(2)20(4)19-9)13-6-5-7-21(13)15(23)12-8-24-16(18-12)17-11(3)22/h8,13H,5-7H2,1-4H3,(H,17,18,22)/t13-/m1/s1. The van der Waals surface area contributed by atoms with Crippen molar-refractivity contribution in [3.8, 4) is 0 Å². The molecule has 3 heterocycles. The molecule has 0 saturated carbocycles. The maximum atomic E-state index is 12.9. The van der Waals surface area contributed by atoms with Crippen LogP contribution in [0.15, 0.2) is 5.38 Å². The van der Waals surface area contributed by atoms with Crippen LogP contribution in [0.3, 0.4) is 0 Å². The Balaban J connectivity index is 1.86. The number of thiazole rings is 1. The molecular formula is C16H21N5O2S. The van der Waals surface area contributed by atoms with Crippen LogP contribution in [0.25, 0.3) is 0 Å². The first-order chi connectivity index (χ1) is 11.4. The van der Waals surface area contributed by atoms with Crippen LogP contribution in [-0.4, -0.2) is 38.0 Å². The minimum Gasteiger partial charge on any atom is -0.330 e. The number of carbonyl (C=O) groups excluding carboxylic acids is 2. The lowest BCUT2D eigenvalue weighted by molar-refractivity contribution is -0.114. The zero-order chi connectivity index (χ0) is 17.4. The van der Waals surface area contributed by atoms with Crippen molar-refractivity contribution in [3.63, 3.8) is 0 Å². The van der Waals surface area contributed by atoms with Crippen molar-refractivity contribution in [2.45, 2.75) is 39.7 Å². The summed E-state index contributed by atoms with van der Waals surface area (Å²) in [7, 11) is 1.92. The van der Waals surface area contributed by atoms with Gasteiger partial charge in [-0.3, -0.25) is 14.3 Å². The normalized spacial score (nSPS) is 17.3. The average Bonchev–Trinajstić information content (AvgIpc) is 3.19. The van der Waals surface area contributed by atoms with Crippen LogP contribution in [0.4, 0.5) is 5.13 Å². The number of likely N-dealkylation sites (tertiary alicyclic amines) is 1. The van der Waals surface area contributed by atoms with Gasteiger partial charge in [0.05, 0.1) is 11.7 Å². The predicted octanol–water partition coefficient (Wildman–Crippen LogP) is 2.43. The SMILES string of the molecule is CC(=O)Nc1nc(C(=O)N2CCC[C@@H]2c2c(C)nn(C)c2C)cs1. The third-order valence-electron chi connectivity index (χ3n) is 4.42. The van der Waals surface area contributed by atoms with E-state index in [1.165, 1.54) is 18.3 Å². The molecule has 2 aromatic rings. The summed E-state index contributed by atoms with van der Waals surface area (Å²) in [6.07, 6.45) is 1.90. The van der Waals surface area contributed by atoms with Gasteiger partial charge >= 0.3 is 0 Å². The van der Waals surface area contributed by atoms with Crippen LogP contribution in [0.5, 0.6) is 0 Å². The Morgan fingerprint density at radius 1 is 1.38 bits per heavy atom. The molecule has 2 aromatic heterocycles. The van der Waals surface area contributed by atoms with Crippen molar-refractivity contribution < 1.29 is 9.59 Å². The highest BCUT2D eigenvalue weighted by atomic mass is 32.1. The number of hydrogen-bond donors (Lipinski definition) is 1. The van der Waals surface area contributed by atoms with Crippen molar-refractivity contribution in [1.29, 1.82) is 0 Å². The molecule has 1 atom stereocenters. The van der Waals surface area contributed by atoms with Gasteiger partial charge < -0.3 is 10.2 Å². The van der Waals surface area contributed by atoms with E-state index in [1.807, 2.05) is 30.5 Å². The van der Waals surface area contributed by atoms with E-state index in [2.05, 4.69) is 15.4 Å². The molecule has 1 saturated heterocycles. The molecule has 1 aliphatic rings. The smallest absolute Gasteiger partial charge is 0.273 e. The number of nitrogens with one attached hydrogen (secondary N) is 1. The van der Waals surface area contributed by atoms with E-state index in [0.29, 0.717) is 17.4 Å². The van der Waals surface area contributed by atoms with E-state index in [9.17, 15) is 9.59 Å². The van der Waals surface area contributed by atoms with Crippen molar-refractivity contribution in [2.75, 3.05) is 11.9 Å². The second-order valence-corrected chi connectivity index (χ2v) is 6.94. The van der Waals surface area contributed by atoms with Crippen LogP contribution in [0, 0.1) is 13.8 Å². The molecule has 1 N–H and O–H groups in total. The number of hydrogen-bond acceptors (Lipinski definition) is 5. The van der Waals surface area contributed by atoms with Crippen LogP contribution in [0.2, 0.25) is 0 Å². The largest absolute Gasteiger partial charge is 0.330 e. The van der Waals surface area contributed by atoms with E-state index in [0.717, 1.165) is 29.8 Å². The fraction of sp³-hybridized carbons (Fsp3) is 0.500. The lowest BCUT2D eigenvalue weighted by Gasteiger charge is -2.24. The minimum atomic E-state index is -0.191. The van der Waals surface area contributed by atoms with Crippen LogP contribution in [-0.2, 0) is 11.8 Å². The summed E-state index contributed by atoms with van der Waals surface area (Å²) >= 11 is 1.27. The monoisotopic (exact) mass is 347 g/mol.